The fraction of sp³-hybridized carbons (Fsp3) is 0.647. The molecule has 1 nitrogen and oxygen atoms in total. The first kappa shape index (κ1) is 16.0. The summed E-state index contributed by atoms with van der Waals surface area (Å²) >= 11 is 3.30. The van der Waals surface area contributed by atoms with Gasteiger partial charge in [0.2, 0.25) is 0 Å². The highest BCUT2D eigenvalue weighted by Gasteiger charge is 2.32. The highest BCUT2D eigenvalue weighted by Crippen LogP contribution is 2.37. The molecular formula is C17H24BrFO. The lowest BCUT2D eigenvalue weighted by Crippen LogP contribution is -2.31. The van der Waals surface area contributed by atoms with E-state index in [1.54, 1.807) is 6.07 Å². The molecule has 2 rings (SSSR count). The van der Waals surface area contributed by atoms with Crippen LogP contribution in [0.5, 0.6) is 0 Å². The van der Waals surface area contributed by atoms with E-state index in [2.05, 4.69) is 29.8 Å². The molecule has 0 aliphatic heterocycles. The third-order valence-electron chi connectivity index (χ3n) is 4.69. The number of rotatable bonds is 3. The Bertz CT molecular complexity index is 460. The predicted molar refractivity (Wildman–Crippen MR) is 84.2 cm³/mol. The van der Waals surface area contributed by atoms with E-state index >= 15 is 0 Å². The topological polar surface area (TPSA) is 20.2 Å². The van der Waals surface area contributed by atoms with Gasteiger partial charge in [0.05, 0.1) is 10.1 Å². The second-order valence-electron chi connectivity index (χ2n) is 6.55. The van der Waals surface area contributed by atoms with Gasteiger partial charge in [-0.15, -0.1) is 0 Å². The molecule has 1 N–H and O–H groups in total. The summed E-state index contributed by atoms with van der Waals surface area (Å²) in [5, 5.41) is 10.9. The van der Waals surface area contributed by atoms with E-state index in [9.17, 15) is 9.50 Å². The highest BCUT2D eigenvalue weighted by molar-refractivity contribution is 9.10. The standard InChI is InChI=1S/C17H24BrFO/c1-12(2)13-6-4-9-17(20,10-8-13)11-14-5-3-7-15(19)16(14)18/h3,5,7,12-13,20H,4,6,8-11H2,1-2H3. The molecule has 0 spiro atoms. The molecule has 0 heterocycles. The minimum Gasteiger partial charge on any atom is -0.390 e. The predicted octanol–water partition coefficient (Wildman–Crippen LogP) is 5.10. The largest absolute Gasteiger partial charge is 0.390 e. The van der Waals surface area contributed by atoms with Crippen molar-refractivity contribution in [3.63, 3.8) is 0 Å². The molecule has 20 heavy (non-hydrogen) atoms. The van der Waals surface area contributed by atoms with Gasteiger partial charge in [0.15, 0.2) is 0 Å². The van der Waals surface area contributed by atoms with E-state index in [1.807, 2.05) is 6.07 Å². The van der Waals surface area contributed by atoms with Crippen molar-refractivity contribution < 1.29 is 9.50 Å². The Morgan fingerprint density at radius 1 is 1.35 bits per heavy atom. The van der Waals surface area contributed by atoms with Gasteiger partial charge >= 0.3 is 0 Å². The summed E-state index contributed by atoms with van der Waals surface area (Å²) in [6.07, 6.45) is 5.51. The lowest BCUT2D eigenvalue weighted by atomic mass is 9.85. The zero-order valence-electron chi connectivity index (χ0n) is 12.3. The number of hydrogen-bond donors (Lipinski definition) is 1. The van der Waals surface area contributed by atoms with Crippen molar-refractivity contribution >= 4 is 15.9 Å². The van der Waals surface area contributed by atoms with Crippen molar-refractivity contribution in [1.82, 2.24) is 0 Å². The molecule has 0 bridgehead atoms. The molecule has 0 amide bonds. The van der Waals surface area contributed by atoms with Crippen molar-refractivity contribution in [2.75, 3.05) is 0 Å². The second-order valence-corrected chi connectivity index (χ2v) is 7.34. The molecule has 1 aliphatic rings. The van der Waals surface area contributed by atoms with E-state index in [0.29, 0.717) is 22.7 Å². The molecule has 0 aromatic heterocycles. The van der Waals surface area contributed by atoms with Crippen LogP contribution < -0.4 is 0 Å². The Balaban J connectivity index is 2.09. The average Bonchev–Trinajstić information content (AvgIpc) is 2.57. The zero-order valence-corrected chi connectivity index (χ0v) is 13.9. The first-order chi connectivity index (χ1) is 9.41. The van der Waals surface area contributed by atoms with Crippen LogP contribution in [0.2, 0.25) is 0 Å². The number of halogens is 2. The zero-order chi connectivity index (χ0) is 14.8. The number of hydrogen-bond acceptors (Lipinski definition) is 1. The smallest absolute Gasteiger partial charge is 0.137 e. The van der Waals surface area contributed by atoms with Gasteiger partial charge in [0.1, 0.15) is 5.82 Å². The van der Waals surface area contributed by atoms with Gasteiger partial charge < -0.3 is 5.11 Å². The maximum atomic E-state index is 13.6. The molecule has 1 aromatic rings. The fourth-order valence-electron chi connectivity index (χ4n) is 3.30. The van der Waals surface area contributed by atoms with E-state index < -0.39 is 5.60 Å². The van der Waals surface area contributed by atoms with Gasteiger partial charge in [-0.2, -0.15) is 0 Å². The monoisotopic (exact) mass is 342 g/mol. The summed E-state index contributed by atoms with van der Waals surface area (Å²) in [4.78, 5) is 0. The van der Waals surface area contributed by atoms with Crippen LogP contribution >= 0.6 is 15.9 Å². The second kappa shape index (κ2) is 6.57. The molecule has 0 radical (unpaired) electrons. The van der Waals surface area contributed by atoms with Crippen LogP contribution in [0, 0.1) is 17.7 Å². The van der Waals surface area contributed by atoms with Gasteiger partial charge in [-0.1, -0.05) is 38.8 Å². The summed E-state index contributed by atoms with van der Waals surface area (Å²) in [6.45, 7) is 4.52. The molecule has 1 saturated carbocycles. The SMILES string of the molecule is CC(C)C1CCCC(O)(Cc2cccc(F)c2Br)CC1. The van der Waals surface area contributed by atoms with E-state index in [0.717, 1.165) is 31.2 Å². The Morgan fingerprint density at radius 2 is 2.10 bits per heavy atom. The highest BCUT2D eigenvalue weighted by atomic mass is 79.9. The Kier molecular flexibility index (Phi) is 5.25. The number of aliphatic hydroxyl groups is 1. The summed E-state index contributed by atoms with van der Waals surface area (Å²) in [5.74, 6) is 1.14. The molecule has 2 unspecified atom stereocenters. The van der Waals surface area contributed by atoms with Gasteiger partial charge in [0, 0.05) is 6.42 Å². The summed E-state index contributed by atoms with van der Waals surface area (Å²) in [7, 11) is 0. The Labute approximate surface area is 129 Å². The van der Waals surface area contributed by atoms with Gasteiger partial charge in [-0.25, -0.2) is 4.39 Å². The summed E-state index contributed by atoms with van der Waals surface area (Å²) < 4.78 is 14.1. The molecule has 2 atom stereocenters. The number of benzene rings is 1. The van der Waals surface area contributed by atoms with Crippen molar-refractivity contribution in [1.29, 1.82) is 0 Å². The minimum atomic E-state index is -0.681. The van der Waals surface area contributed by atoms with Crippen LogP contribution in [0.4, 0.5) is 4.39 Å². The van der Waals surface area contributed by atoms with Crippen LogP contribution in [-0.4, -0.2) is 10.7 Å². The van der Waals surface area contributed by atoms with Crippen molar-refractivity contribution in [3.05, 3.63) is 34.1 Å². The summed E-state index contributed by atoms with van der Waals surface area (Å²) in [6, 6.07) is 5.06. The van der Waals surface area contributed by atoms with Crippen LogP contribution in [-0.2, 0) is 6.42 Å². The van der Waals surface area contributed by atoms with Crippen molar-refractivity contribution in [2.24, 2.45) is 11.8 Å². The van der Waals surface area contributed by atoms with Crippen LogP contribution in [0.1, 0.15) is 51.5 Å². The molecule has 1 aliphatic carbocycles. The van der Waals surface area contributed by atoms with Gasteiger partial charge in [-0.05, 0) is 58.7 Å². The molecule has 3 heteroatoms. The van der Waals surface area contributed by atoms with Gasteiger partial charge in [0.25, 0.3) is 0 Å². The third-order valence-corrected chi connectivity index (χ3v) is 5.58. The van der Waals surface area contributed by atoms with E-state index in [-0.39, 0.29) is 5.82 Å². The Hall–Kier alpha value is -0.410. The van der Waals surface area contributed by atoms with Crippen LogP contribution in [0.15, 0.2) is 22.7 Å². The van der Waals surface area contributed by atoms with Crippen molar-refractivity contribution in [3.8, 4) is 0 Å². The molecule has 0 saturated heterocycles. The quantitative estimate of drug-likeness (QED) is 0.757. The lowest BCUT2D eigenvalue weighted by molar-refractivity contribution is 0.0235. The van der Waals surface area contributed by atoms with Gasteiger partial charge in [-0.3, -0.25) is 0 Å². The Morgan fingerprint density at radius 3 is 2.80 bits per heavy atom. The third kappa shape index (κ3) is 3.82. The normalized spacial score (nSPS) is 27.6. The molecule has 1 fully saturated rings. The lowest BCUT2D eigenvalue weighted by Gasteiger charge is -2.27. The maximum Gasteiger partial charge on any atom is 0.137 e. The molecular weight excluding hydrogens is 319 g/mol. The minimum absolute atomic E-state index is 0.250. The van der Waals surface area contributed by atoms with E-state index in [4.69, 9.17) is 0 Å². The fourth-order valence-corrected chi connectivity index (χ4v) is 3.70. The first-order valence-corrected chi connectivity index (χ1v) is 8.36. The van der Waals surface area contributed by atoms with Crippen LogP contribution in [0.25, 0.3) is 0 Å². The maximum absolute atomic E-state index is 13.6. The van der Waals surface area contributed by atoms with Crippen molar-refractivity contribution in [2.45, 2.75) is 58.0 Å². The first-order valence-electron chi connectivity index (χ1n) is 7.56. The average molecular weight is 343 g/mol. The molecule has 112 valence electrons. The summed E-state index contributed by atoms with van der Waals surface area (Å²) in [5.41, 5.74) is 0.190. The van der Waals surface area contributed by atoms with E-state index in [1.165, 1.54) is 12.5 Å². The molecule has 1 aromatic carbocycles. The van der Waals surface area contributed by atoms with Crippen LogP contribution in [0.3, 0.4) is 0 Å².